The van der Waals surface area contributed by atoms with Crippen LogP contribution in [-0.4, -0.2) is 9.97 Å². The van der Waals surface area contributed by atoms with Crippen molar-refractivity contribution in [1.82, 2.24) is 9.97 Å². The van der Waals surface area contributed by atoms with E-state index in [1.807, 2.05) is 30.3 Å². The first-order valence-corrected chi connectivity index (χ1v) is 5.18. The average molecular weight is 214 g/mol. The molecule has 0 spiro atoms. The summed E-state index contributed by atoms with van der Waals surface area (Å²) in [6, 6.07) is 9.68. The van der Waals surface area contributed by atoms with E-state index in [0.717, 1.165) is 17.1 Å². The monoisotopic (exact) mass is 214 g/mol. The number of nitrogens with zero attached hydrogens (tertiary/aromatic N) is 2. The van der Waals surface area contributed by atoms with Crippen molar-refractivity contribution in [1.29, 1.82) is 0 Å². The molecule has 0 atom stereocenters. The van der Waals surface area contributed by atoms with Crippen LogP contribution < -0.4 is 11.1 Å². The zero-order chi connectivity index (χ0) is 11.2. The molecule has 2 heterocycles. The Kier molecular flexibility index (Phi) is 3.46. The van der Waals surface area contributed by atoms with Gasteiger partial charge in [-0.15, -0.1) is 0 Å². The Balaban J connectivity index is 2.05. The molecule has 0 aliphatic heterocycles. The highest BCUT2D eigenvalue weighted by atomic mass is 15.0. The third-order valence-corrected chi connectivity index (χ3v) is 2.27. The first-order valence-electron chi connectivity index (χ1n) is 5.18. The third-order valence-electron chi connectivity index (χ3n) is 2.27. The number of hydrogen-bond acceptors (Lipinski definition) is 4. The van der Waals surface area contributed by atoms with Crippen LogP contribution in [-0.2, 0) is 13.1 Å². The number of hydrogen-bond donors (Lipinski definition) is 2. The standard InChI is InChI=1S/C12H14N4/c13-8-10-4-3-7-15-12(10)16-9-11-5-1-2-6-14-11/h1-7H,8-9,13H2,(H,15,16). The smallest absolute Gasteiger partial charge is 0.130 e. The minimum Gasteiger partial charge on any atom is -0.364 e. The van der Waals surface area contributed by atoms with Crippen LogP contribution >= 0.6 is 0 Å². The van der Waals surface area contributed by atoms with Gasteiger partial charge in [0.2, 0.25) is 0 Å². The summed E-state index contributed by atoms with van der Waals surface area (Å²) >= 11 is 0. The molecule has 0 aromatic carbocycles. The van der Waals surface area contributed by atoms with Gasteiger partial charge in [-0.1, -0.05) is 12.1 Å². The van der Waals surface area contributed by atoms with Crippen molar-refractivity contribution in [3.63, 3.8) is 0 Å². The Bertz CT molecular complexity index is 442. The predicted molar refractivity (Wildman–Crippen MR) is 63.7 cm³/mol. The van der Waals surface area contributed by atoms with Crippen LogP contribution in [0, 0.1) is 0 Å². The molecule has 0 aliphatic carbocycles. The lowest BCUT2D eigenvalue weighted by molar-refractivity contribution is 0.993. The number of nitrogens with one attached hydrogen (secondary N) is 1. The largest absolute Gasteiger partial charge is 0.364 e. The van der Waals surface area contributed by atoms with Gasteiger partial charge in [0.15, 0.2) is 0 Å². The molecule has 0 radical (unpaired) electrons. The van der Waals surface area contributed by atoms with Gasteiger partial charge in [-0.25, -0.2) is 4.98 Å². The SMILES string of the molecule is NCc1cccnc1NCc1ccccn1. The maximum absolute atomic E-state index is 5.62. The van der Waals surface area contributed by atoms with Gasteiger partial charge < -0.3 is 11.1 Å². The summed E-state index contributed by atoms with van der Waals surface area (Å²) in [6.45, 7) is 1.14. The molecular weight excluding hydrogens is 200 g/mol. The Hall–Kier alpha value is -1.94. The van der Waals surface area contributed by atoms with E-state index in [9.17, 15) is 0 Å². The number of aromatic nitrogens is 2. The summed E-state index contributed by atoms with van der Waals surface area (Å²) in [7, 11) is 0. The normalized spacial score (nSPS) is 10.1. The van der Waals surface area contributed by atoms with Gasteiger partial charge in [-0.05, 0) is 18.2 Å². The molecule has 16 heavy (non-hydrogen) atoms. The van der Waals surface area contributed by atoms with Crippen LogP contribution in [0.1, 0.15) is 11.3 Å². The summed E-state index contributed by atoms with van der Waals surface area (Å²) in [4.78, 5) is 8.47. The Morgan fingerprint density at radius 1 is 1.06 bits per heavy atom. The first-order chi connectivity index (χ1) is 7.90. The molecule has 4 nitrogen and oxygen atoms in total. The fourth-order valence-electron chi connectivity index (χ4n) is 1.44. The molecule has 0 amide bonds. The fraction of sp³-hybridized carbons (Fsp3) is 0.167. The molecule has 0 unspecified atom stereocenters. The van der Waals surface area contributed by atoms with Crippen molar-refractivity contribution in [3.05, 3.63) is 54.0 Å². The van der Waals surface area contributed by atoms with Crippen molar-refractivity contribution in [2.24, 2.45) is 5.73 Å². The average Bonchev–Trinajstić information content (AvgIpc) is 2.38. The van der Waals surface area contributed by atoms with Crippen LogP contribution in [0.3, 0.4) is 0 Å². The molecule has 3 N–H and O–H groups in total. The predicted octanol–water partition coefficient (Wildman–Crippen LogP) is 1.55. The number of rotatable bonds is 4. The van der Waals surface area contributed by atoms with Gasteiger partial charge in [0, 0.05) is 24.5 Å². The molecule has 0 saturated carbocycles. The second-order valence-corrected chi connectivity index (χ2v) is 3.39. The zero-order valence-electron chi connectivity index (χ0n) is 8.93. The highest BCUT2D eigenvalue weighted by molar-refractivity contribution is 5.43. The molecule has 82 valence electrons. The van der Waals surface area contributed by atoms with Crippen LogP contribution in [0.4, 0.5) is 5.82 Å². The van der Waals surface area contributed by atoms with Gasteiger partial charge in [0.05, 0.1) is 12.2 Å². The first kappa shape index (κ1) is 10.6. The van der Waals surface area contributed by atoms with Crippen LogP contribution in [0.2, 0.25) is 0 Å². The van der Waals surface area contributed by atoms with E-state index in [1.54, 1.807) is 12.4 Å². The Labute approximate surface area is 94.5 Å². The molecule has 2 rings (SSSR count). The lowest BCUT2D eigenvalue weighted by Gasteiger charge is -2.08. The van der Waals surface area contributed by atoms with E-state index in [-0.39, 0.29) is 0 Å². The molecule has 0 bridgehead atoms. The highest BCUT2D eigenvalue weighted by Gasteiger charge is 2.00. The topological polar surface area (TPSA) is 63.8 Å². The number of pyridine rings is 2. The molecule has 0 saturated heterocycles. The van der Waals surface area contributed by atoms with E-state index in [0.29, 0.717) is 13.1 Å². The Morgan fingerprint density at radius 2 is 1.94 bits per heavy atom. The van der Waals surface area contributed by atoms with Crippen LogP contribution in [0.5, 0.6) is 0 Å². The molecule has 0 fully saturated rings. The second kappa shape index (κ2) is 5.23. The summed E-state index contributed by atoms with van der Waals surface area (Å²) in [6.07, 6.45) is 3.53. The van der Waals surface area contributed by atoms with Gasteiger partial charge in [-0.2, -0.15) is 0 Å². The van der Waals surface area contributed by atoms with Crippen molar-refractivity contribution in [3.8, 4) is 0 Å². The van der Waals surface area contributed by atoms with E-state index < -0.39 is 0 Å². The second-order valence-electron chi connectivity index (χ2n) is 3.39. The van der Waals surface area contributed by atoms with Crippen molar-refractivity contribution in [2.75, 3.05) is 5.32 Å². The summed E-state index contributed by atoms with van der Waals surface area (Å²) in [5, 5.41) is 3.23. The number of nitrogens with two attached hydrogens (primary N) is 1. The molecule has 0 aliphatic rings. The lowest BCUT2D eigenvalue weighted by Crippen LogP contribution is -2.07. The van der Waals surface area contributed by atoms with E-state index in [2.05, 4.69) is 15.3 Å². The Morgan fingerprint density at radius 3 is 2.69 bits per heavy atom. The maximum Gasteiger partial charge on any atom is 0.130 e. The quantitative estimate of drug-likeness (QED) is 0.810. The molecule has 4 heteroatoms. The highest BCUT2D eigenvalue weighted by Crippen LogP contribution is 2.11. The molecular formula is C12H14N4. The molecule has 2 aromatic heterocycles. The molecule has 2 aromatic rings. The summed E-state index contributed by atoms with van der Waals surface area (Å²) in [5.41, 5.74) is 7.62. The van der Waals surface area contributed by atoms with Crippen LogP contribution in [0.15, 0.2) is 42.7 Å². The van der Waals surface area contributed by atoms with E-state index in [1.165, 1.54) is 0 Å². The maximum atomic E-state index is 5.62. The van der Waals surface area contributed by atoms with Gasteiger partial charge >= 0.3 is 0 Å². The van der Waals surface area contributed by atoms with Crippen molar-refractivity contribution >= 4 is 5.82 Å². The fourth-order valence-corrected chi connectivity index (χ4v) is 1.44. The zero-order valence-corrected chi connectivity index (χ0v) is 8.93. The van der Waals surface area contributed by atoms with Crippen molar-refractivity contribution < 1.29 is 0 Å². The van der Waals surface area contributed by atoms with Crippen LogP contribution in [0.25, 0.3) is 0 Å². The van der Waals surface area contributed by atoms with Gasteiger partial charge in [0.1, 0.15) is 5.82 Å². The van der Waals surface area contributed by atoms with E-state index in [4.69, 9.17) is 5.73 Å². The minimum atomic E-state index is 0.485. The van der Waals surface area contributed by atoms with Gasteiger partial charge in [-0.3, -0.25) is 4.98 Å². The van der Waals surface area contributed by atoms with E-state index >= 15 is 0 Å². The third kappa shape index (κ3) is 2.55. The number of anilines is 1. The lowest BCUT2D eigenvalue weighted by atomic mass is 10.2. The minimum absolute atomic E-state index is 0.485. The van der Waals surface area contributed by atoms with Gasteiger partial charge in [0.25, 0.3) is 0 Å². The van der Waals surface area contributed by atoms with Crippen molar-refractivity contribution in [2.45, 2.75) is 13.1 Å². The summed E-state index contributed by atoms with van der Waals surface area (Å²) in [5.74, 6) is 0.829. The summed E-state index contributed by atoms with van der Waals surface area (Å²) < 4.78 is 0.